The van der Waals surface area contributed by atoms with E-state index in [1.165, 1.54) is 18.2 Å². The number of nitrogens with zero attached hydrogens (tertiary/aromatic N) is 2. The summed E-state index contributed by atoms with van der Waals surface area (Å²) in [6, 6.07) is 13.8. The summed E-state index contributed by atoms with van der Waals surface area (Å²) in [6.45, 7) is 5.26. The first-order valence-corrected chi connectivity index (χ1v) is 14.1. The second kappa shape index (κ2) is 15.1. The second-order valence-electron chi connectivity index (χ2n) is 9.99. The Bertz CT molecular complexity index is 1650. The molecule has 0 aliphatic carbocycles. The standard InChI is InChI=1S/C34H34N4O6/c1-4-5-6-7-19-43-33(39)30-23(2)37-24(3)31(32(30)27-11-8-12-28(22-27)38(41)42)34(40)44-20-9-10-25-13-15-26(16-14-25)21-29-35-17-18-36-29/h4-18,22,32,37H,19-21H2,1-3H3,(H,35,36). The third-order valence-electron chi connectivity index (χ3n) is 6.89. The first kappa shape index (κ1) is 31.4. The number of carbonyl (C=O) groups is 2. The molecule has 1 aromatic heterocycles. The van der Waals surface area contributed by atoms with Gasteiger partial charge in [-0.1, -0.05) is 60.7 Å². The van der Waals surface area contributed by atoms with Crippen molar-refractivity contribution in [1.82, 2.24) is 15.3 Å². The molecule has 2 N–H and O–H groups in total. The molecule has 4 rings (SSSR count). The lowest BCUT2D eigenvalue weighted by atomic mass is 9.80. The van der Waals surface area contributed by atoms with Crippen LogP contribution in [0.1, 0.15) is 49.2 Å². The van der Waals surface area contributed by atoms with Gasteiger partial charge in [0.15, 0.2) is 0 Å². The molecule has 2 heterocycles. The maximum Gasteiger partial charge on any atom is 0.337 e. The molecule has 1 unspecified atom stereocenters. The average molecular weight is 595 g/mol. The Morgan fingerprint density at radius 2 is 1.66 bits per heavy atom. The van der Waals surface area contributed by atoms with E-state index in [1.54, 1.807) is 56.6 Å². The predicted molar refractivity (Wildman–Crippen MR) is 167 cm³/mol. The second-order valence-corrected chi connectivity index (χ2v) is 9.99. The first-order valence-electron chi connectivity index (χ1n) is 14.1. The van der Waals surface area contributed by atoms with Gasteiger partial charge in [-0.25, -0.2) is 14.6 Å². The number of aromatic nitrogens is 2. The van der Waals surface area contributed by atoms with Gasteiger partial charge in [0, 0.05) is 42.3 Å². The van der Waals surface area contributed by atoms with Gasteiger partial charge in [0.05, 0.1) is 22.0 Å². The molecular weight excluding hydrogens is 560 g/mol. The number of H-pyrrole nitrogens is 1. The van der Waals surface area contributed by atoms with E-state index in [9.17, 15) is 19.7 Å². The van der Waals surface area contributed by atoms with E-state index in [0.29, 0.717) is 23.4 Å². The Morgan fingerprint density at radius 1 is 0.977 bits per heavy atom. The Labute approximate surface area is 255 Å². The third-order valence-corrected chi connectivity index (χ3v) is 6.89. The quantitative estimate of drug-likeness (QED) is 0.112. The molecule has 1 aliphatic heterocycles. The normalized spacial score (nSPS) is 15.3. The highest BCUT2D eigenvalue weighted by atomic mass is 16.6. The number of dihydropyridines is 1. The van der Waals surface area contributed by atoms with Crippen LogP contribution in [0.3, 0.4) is 0 Å². The number of rotatable bonds is 12. The number of hydrogen-bond acceptors (Lipinski definition) is 8. The van der Waals surface area contributed by atoms with Gasteiger partial charge < -0.3 is 19.8 Å². The fraction of sp³-hybridized carbons (Fsp3) is 0.206. The summed E-state index contributed by atoms with van der Waals surface area (Å²) in [5.41, 5.74) is 3.57. The van der Waals surface area contributed by atoms with Gasteiger partial charge in [-0.05, 0) is 49.6 Å². The summed E-state index contributed by atoms with van der Waals surface area (Å²) < 4.78 is 11.1. The number of imidazole rings is 1. The topological polar surface area (TPSA) is 136 Å². The molecule has 3 aromatic rings. The SMILES string of the molecule is CC=CC=CCOC(=O)C1=C(C)NC(C)=C(C(=O)OCC=Cc2ccc(Cc3ncc[nH]3)cc2)C1c1cccc([N+](=O)[O-])c1. The molecular formula is C34H34N4O6. The number of carbonyl (C=O) groups excluding carboxylic acids is 2. The van der Waals surface area contributed by atoms with Crippen molar-refractivity contribution in [2.75, 3.05) is 13.2 Å². The number of benzene rings is 2. The van der Waals surface area contributed by atoms with Crippen LogP contribution in [0.25, 0.3) is 6.08 Å². The molecule has 10 heteroatoms. The number of non-ortho nitro benzene ring substituents is 1. The highest BCUT2D eigenvalue weighted by molar-refractivity contribution is 6.00. The largest absolute Gasteiger partial charge is 0.458 e. The zero-order valence-electron chi connectivity index (χ0n) is 24.8. The summed E-state index contributed by atoms with van der Waals surface area (Å²) >= 11 is 0. The number of aromatic amines is 1. The number of hydrogen-bond donors (Lipinski definition) is 2. The van der Waals surface area contributed by atoms with Crippen LogP contribution < -0.4 is 5.32 Å². The van der Waals surface area contributed by atoms with E-state index in [0.717, 1.165) is 17.0 Å². The van der Waals surface area contributed by atoms with E-state index in [2.05, 4.69) is 15.3 Å². The van der Waals surface area contributed by atoms with Crippen molar-refractivity contribution in [2.45, 2.75) is 33.1 Å². The number of allylic oxidation sites excluding steroid dienone is 5. The van der Waals surface area contributed by atoms with Crippen molar-refractivity contribution in [3.63, 3.8) is 0 Å². The third kappa shape index (κ3) is 8.07. The molecule has 10 nitrogen and oxygen atoms in total. The minimum atomic E-state index is -0.943. The van der Waals surface area contributed by atoms with Crippen LogP contribution in [0.15, 0.2) is 114 Å². The van der Waals surface area contributed by atoms with Crippen molar-refractivity contribution in [3.05, 3.63) is 146 Å². The molecule has 0 amide bonds. The van der Waals surface area contributed by atoms with E-state index < -0.39 is 22.8 Å². The number of ether oxygens (including phenoxy) is 2. The van der Waals surface area contributed by atoms with Gasteiger partial charge in [0.25, 0.3) is 5.69 Å². The van der Waals surface area contributed by atoms with Crippen LogP contribution in [-0.2, 0) is 25.5 Å². The maximum atomic E-state index is 13.5. The monoisotopic (exact) mass is 594 g/mol. The molecule has 44 heavy (non-hydrogen) atoms. The van der Waals surface area contributed by atoms with Crippen LogP contribution in [-0.4, -0.2) is 40.0 Å². The van der Waals surface area contributed by atoms with E-state index in [1.807, 2.05) is 43.3 Å². The minimum Gasteiger partial charge on any atom is -0.458 e. The van der Waals surface area contributed by atoms with Gasteiger partial charge in [-0.15, -0.1) is 0 Å². The molecule has 1 atom stereocenters. The Hall–Kier alpha value is -5.51. The van der Waals surface area contributed by atoms with E-state index >= 15 is 0 Å². The maximum absolute atomic E-state index is 13.5. The molecule has 1 aliphatic rings. The van der Waals surface area contributed by atoms with Crippen LogP contribution in [0, 0.1) is 10.1 Å². The molecule has 0 saturated carbocycles. The first-order chi connectivity index (χ1) is 21.3. The van der Waals surface area contributed by atoms with E-state index in [4.69, 9.17) is 9.47 Å². The highest BCUT2D eigenvalue weighted by Crippen LogP contribution is 2.40. The lowest BCUT2D eigenvalue weighted by Crippen LogP contribution is -2.32. The average Bonchev–Trinajstić information content (AvgIpc) is 3.52. The number of nitro benzene ring substituents is 1. The summed E-state index contributed by atoms with van der Waals surface area (Å²) in [4.78, 5) is 45.3. The fourth-order valence-corrected chi connectivity index (χ4v) is 4.85. The molecule has 0 bridgehead atoms. The van der Waals surface area contributed by atoms with E-state index in [-0.39, 0.29) is 30.0 Å². The van der Waals surface area contributed by atoms with Crippen LogP contribution in [0.2, 0.25) is 0 Å². The number of nitro groups is 1. The highest BCUT2D eigenvalue weighted by Gasteiger charge is 2.38. The Morgan fingerprint density at radius 3 is 2.27 bits per heavy atom. The van der Waals surface area contributed by atoms with Crippen LogP contribution in [0.5, 0.6) is 0 Å². The van der Waals surface area contributed by atoms with Crippen molar-refractivity contribution in [2.24, 2.45) is 0 Å². The van der Waals surface area contributed by atoms with Crippen molar-refractivity contribution in [3.8, 4) is 0 Å². The fourth-order valence-electron chi connectivity index (χ4n) is 4.85. The molecule has 0 spiro atoms. The van der Waals surface area contributed by atoms with Gasteiger partial charge >= 0.3 is 11.9 Å². The van der Waals surface area contributed by atoms with Crippen molar-refractivity contribution in [1.29, 1.82) is 0 Å². The molecule has 2 aromatic carbocycles. The van der Waals surface area contributed by atoms with Gasteiger partial charge in [-0.2, -0.15) is 0 Å². The summed E-state index contributed by atoms with van der Waals surface area (Å²) in [5.74, 6) is -1.37. The molecule has 0 radical (unpaired) electrons. The Balaban J connectivity index is 1.52. The molecule has 0 saturated heterocycles. The van der Waals surface area contributed by atoms with Gasteiger partial charge in [0.2, 0.25) is 0 Å². The van der Waals surface area contributed by atoms with Crippen LogP contribution >= 0.6 is 0 Å². The molecule has 0 fully saturated rings. The zero-order valence-corrected chi connectivity index (χ0v) is 24.8. The number of esters is 2. The van der Waals surface area contributed by atoms with Gasteiger partial charge in [0.1, 0.15) is 19.0 Å². The molecule has 226 valence electrons. The smallest absolute Gasteiger partial charge is 0.337 e. The number of nitrogens with one attached hydrogen (secondary N) is 2. The minimum absolute atomic E-state index is 0.0126. The Kier molecular flexibility index (Phi) is 10.8. The summed E-state index contributed by atoms with van der Waals surface area (Å²) in [7, 11) is 0. The van der Waals surface area contributed by atoms with Crippen LogP contribution in [0.4, 0.5) is 5.69 Å². The predicted octanol–water partition coefficient (Wildman–Crippen LogP) is 6.08. The zero-order chi connectivity index (χ0) is 31.5. The van der Waals surface area contributed by atoms with Crippen molar-refractivity contribution < 1.29 is 24.0 Å². The summed E-state index contributed by atoms with van der Waals surface area (Å²) in [5, 5.41) is 14.7. The lowest BCUT2D eigenvalue weighted by Gasteiger charge is -2.30. The lowest BCUT2D eigenvalue weighted by molar-refractivity contribution is -0.384. The van der Waals surface area contributed by atoms with Crippen molar-refractivity contribution >= 4 is 23.7 Å². The summed E-state index contributed by atoms with van der Waals surface area (Å²) in [6.07, 6.45) is 14.8. The van der Waals surface area contributed by atoms with Gasteiger partial charge in [-0.3, -0.25) is 10.1 Å².